The minimum atomic E-state index is -1.57. The Labute approximate surface area is 271 Å². The molecule has 0 aliphatic rings. The first-order valence-electron chi connectivity index (χ1n) is 14.9. The van der Waals surface area contributed by atoms with Crippen LogP contribution in [0.5, 0.6) is 0 Å². The van der Waals surface area contributed by atoms with E-state index in [2.05, 4.69) is 107 Å². The van der Waals surface area contributed by atoms with E-state index in [1.165, 1.54) is 27.1 Å². The number of aromatic nitrogens is 2. The molecule has 0 aliphatic carbocycles. The smallest absolute Gasteiger partial charge is 0.120 e. The molecule has 3 heterocycles. The fourth-order valence-electron chi connectivity index (χ4n) is 5.39. The van der Waals surface area contributed by atoms with Crippen LogP contribution in [0.1, 0.15) is 44.7 Å². The van der Waals surface area contributed by atoms with Gasteiger partial charge in [0.15, 0.2) is 0 Å². The Morgan fingerprint density at radius 1 is 0.837 bits per heavy atom. The average Bonchev–Trinajstić information content (AvgIpc) is 3.40. The number of nitrogens with zero attached hydrogens (tertiary/aromatic N) is 2. The fourth-order valence-corrected chi connectivity index (χ4v) is 6.89. The van der Waals surface area contributed by atoms with Crippen LogP contribution in [-0.4, -0.2) is 18.0 Å². The Morgan fingerprint density at radius 2 is 1.53 bits per heavy atom. The van der Waals surface area contributed by atoms with Gasteiger partial charge in [-0.2, -0.15) is 0 Å². The van der Waals surface area contributed by atoms with Crippen LogP contribution in [0.25, 0.3) is 44.5 Å². The topological polar surface area (TPSA) is 38.9 Å². The summed E-state index contributed by atoms with van der Waals surface area (Å²) in [6.07, 6.45) is 5.96. The molecule has 0 atom stereocenters. The van der Waals surface area contributed by atoms with Gasteiger partial charge in [-0.1, -0.05) is 87.3 Å². The van der Waals surface area contributed by atoms with Gasteiger partial charge in [-0.05, 0) is 60.3 Å². The normalized spacial score (nSPS) is 11.6. The molecule has 6 aromatic rings. The van der Waals surface area contributed by atoms with Crippen LogP contribution < -0.4 is 5.19 Å². The molecule has 0 unspecified atom stereocenters. The van der Waals surface area contributed by atoms with Gasteiger partial charge in [0.05, 0.1) is 5.58 Å². The van der Waals surface area contributed by atoms with E-state index in [4.69, 9.17) is 9.40 Å². The summed E-state index contributed by atoms with van der Waals surface area (Å²) in [7, 11) is -1.57. The number of fused-ring (bicyclic) bond motifs is 3. The summed E-state index contributed by atoms with van der Waals surface area (Å²) < 4.78 is 6.40. The summed E-state index contributed by atoms with van der Waals surface area (Å²) in [6.45, 7) is 16.1. The molecule has 0 saturated carbocycles. The molecule has 43 heavy (non-hydrogen) atoms. The number of aryl methyl sites for hydroxylation is 1. The van der Waals surface area contributed by atoms with Crippen molar-refractivity contribution in [3.05, 3.63) is 115 Å². The quantitative estimate of drug-likeness (QED) is 0.125. The number of para-hydroxylation sites is 1. The molecule has 0 spiro atoms. The Morgan fingerprint density at radius 3 is 2.21 bits per heavy atom. The largest absolute Gasteiger partial charge is 0.501 e. The summed E-state index contributed by atoms with van der Waals surface area (Å²) in [5, 5.41) is 3.83. The number of rotatable bonds is 6. The zero-order valence-electron chi connectivity index (χ0n) is 26.2. The first-order valence-corrected chi connectivity index (χ1v) is 18.4. The molecule has 0 fully saturated rings. The van der Waals surface area contributed by atoms with Gasteiger partial charge in [0, 0.05) is 46.0 Å². The standard InChI is InChI=1S/C26H30NOSi.C12H10N.Ir/c1-7-26(3,8-2)18-15-16-27-21(17-18)19-13-14-23(29(4,5)6)24-20-11-9-10-12-22(20)28-25(19)24;1-10-7-8-13-12(9-10)11-5-3-2-4-6-11;/h9-12,14-17H,7-8H2,1-6H3;2-5,7-9H,1H3;/q2*-1;. The van der Waals surface area contributed by atoms with Crippen LogP contribution in [-0.2, 0) is 25.5 Å². The third kappa shape index (κ3) is 6.91. The Bertz CT molecular complexity index is 1820. The number of pyridine rings is 2. The monoisotopic (exact) mass is 761 g/mol. The van der Waals surface area contributed by atoms with Crippen molar-refractivity contribution in [1.82, 2.24) is 9.97 Å². The molecule has 3 nitrogen and oxygen atoms in total. The molecular formula is C38H40IrN2OSi-2. The van der Waals surface area contributed by atoms with Crippen molar-refractivity contribution < 1.29 is 24.5 Å². The van der Waals surface area contributed by atoms with Crippen molar-refractivity contribution in [3.8, 4) is 22.5 Å². The van der Waals surface area contributed by atoms with Gasteiger partial charge in [0.25, 0.3) is 0 Å². The third-order valence-corrected chi connectivity index (χ3v) is 10.4. The van der Waals surface area contributed by atoms with Gasteiger partial charge in [-0.3, -0.25) is 0 Å². The molecule has 0 N–H and O–H groups in total. The summed E-state index contributed by atoms with van der Waals surface area (Å²) >= 11 is 0. The van der Waals surface area contributed by atoms with Crippen LogP contribution >= 0.6 is 0 Å². The molecular weight excluding hydrogens is 721 g/mol. The Balaban J connectivity index is 0.000000253. The van der Waals surface area contributed by atoms with E-state index >= 15 is 0 Å². The second kappa shape index (κ2) is 13.5. The van der Waals surface area contributed by atoms with Crippen LogP contribution in [0.4, 0.5) is 0 Å². The summed E-state index contributed by atoms with van der Waals surface area (Å²) in [5.41, 5.74) is 8.52. The molecule has 3 aromatic carbocycles. The Kier molecular flexibility index (Phi) is 10.2. The van der Waals surface area contributed by atoms with Crippen LogP contribution in [0.3, 0.4) is 0 Å². The van der Waals surface area contributed by atoms with Crippen molar-refractivity contribution in [2.45, 2.75) is 65.6 Å². The maximum atomic E-state index is 6.40. The van der Waals surface area contributed by atoms with Crippen LogP contribution in [0.15, 0.2) is 95.7 Å². The van der Waals surface area contributed by atoms with Crippen molar-refractivity contribution in [1.29, 1.82) is 0 Å². The fraction of sp³-hybridized carbons (Fsp3) is 0.263. The first-order chi connectivity index (χ1) is 20.1. The molecule has 0 amide bonds. The maximum Gasteiger partial charge on any atom is 0.120 e. The molecule has 6 rings (SSSR count). The van der Waals surface area contributed by atoms with Gasteiger partial charge < -0.3 is 14.4 Å². The minimum Gasteiger partial charge on any atom is -0.501 e. The van der Waals surface area contributed by atoms with Gasteiger partial charge in [-0.15, -0.1) is 53.2 Å². The van der Waals surface area contributed by atoms with E-state index in [0.29, 0.717) is 0 Å². The molecule has 5 heteroatoms. The summed E-state index contributed by atoms with van der Waals surface area (Å²) in [4.78, 5) is 9.00. The van der Waals surface area contributed by atoms with Crippen LogP contribution in [0.2, 0.25) is 19.6 Å². The molecule has 223 valence electrons. The summed E-state index contributed by atoms with van der Waals surface area (Å²) in [6, 6.07) is 33.6. The van der Waals surface area contributed by atoms with Crippen LogP contribution in [0, 0.1) is 19.1 Å². The predicted molar refractivity (Wildman–Crippen MR) is 180 cm³/mol. The third-order valence-electron chi connectivity index (χ3n) is 8.43. The van der Waals surface area contributed by atoms with E-state index in [-0.39, 0.29) is 25.5 Å². The molecule has 0 bridgehead atoms. The van der Waals surface area contributed by atoms with Crippen molar-refractivity contribution in [2.24, 2.45) is 0 Å². The molecule has 0 aliphatic heterocycles. The zero-order valence-corrected chi connectivity index (χ0v) is 29.6. The van der Waals surface area contributed by atoms with Crippen molar-refractivity contribution >= 4 is 35.2 Å². The van der Waals surface area contributed by atoms with Crippen molar-refractivity contribution in [2.75, 3.05) is 0 Å². The van der Waals surface area contributed by atoms with Gasteiger partial charge in [0.1, 0.15) is 5.58 Å². The number of benzene rings is 3. The molecule has 0 saturated heterocycles. The number of hydrogen-bond donors (Lipinski definition) is 0. The zero-order chi connectivity index (χ0) is 29.9. The van der Waals surface area contributed by atoms with Gasteiger partial charge in [0.2, 0.25) is 0 Å². The van der Waals surface area contributed by atoms with E-state index in [9.17, 15) is 0 Å². The predicted octanol–water partition coefficient (Wildman–Crippen LogP) is 9.93. The second-order valence-electron chi connectivity index (χ2n) is 12.3. The van der Waals surface area contributed by atoms with Gasteiger partial charge in [-0.25, -0.2) is 0 Å². The minimum absolute atomic E-state index is 0. The van der Waals surface area contributed by atoms with E-state index in [1.807, 2.05) is 48.8 Å². The van der Waals surface area contributed by atoms with E-state index < -0.39 is 8.07 Å². The Hall–Kier alpha value is -3.37. The SMILES string of the molecule is CCC(C)(CC)c1ccnc(-c2[c-]cc([Si](C)(C)C)c3c2oc2ccccc23)c1.Cc1ccnc(-c2[c-]cccc2)c1.[Ir]. The maximum absolute atomic E-state index is 6.40. The first kappa shape index (κ1) is 32.5. The number of furan rings is 1. The summed E-state index contributed by atoms with van der Waals surface area (Å²) in [5.74, 6) is 0. The van der Waals surface area contributed by atoms with Crippen molar-refractivity contribution in [3.63, 3.8) is 0 Å². The van der Waals surface area contributed by atoms with Gasteiger partial charge >= 0.3 is 0 Å². The second-order valence-corrected chi connectivity index (χ2v) is 17.4. The average molecular weight is 761 g/mol. The molecule has 1 radical (unpaired) electrons. The number of hydrogen-bond acceptors (Lipinski definition) is 3. The van der Waals surface area contributed by atoms with E-state index in [1.54, 1.807) is 0 Å². The van der Waals surface area contributed by atoms with E-state index in [0.717, 1.165) is 46.5 Å². The molecule has 3 aromatic heterocycles.